The monoisotopic (exact) mass is 385 g/mol. The van der Waals surface area contributed by atoms with Crippen molar-refractivity contribution in [2.75, 3.05) is 37.7 Å². The molecule has 0 fully saturated rings. The van der Waals surface area contributed by atoms with Crippen LogP contribution in [0, 0.1) is 11.3 Å². The molecular weight excluding hydrogens is 364 g/mol. The van der Waals surface area contributed by atoms with Crippen molar-refractivity contribution in [3.8, 4) is 11.8 Å². The summed E-state index contributed by atoms with van der Waals surface area (Å²) < 4.78 is 36.9. The highest BCUT2D eigenvalue weighted by Crippen LogP contribution is 2.33. The standard InChI is InChI=1S/C17H21F2N3O3S/c1-26(2,3)5-4-24-11-22-14-6-12(8-20)15(25-10-16(18)19)7-13(14)21-17(22)9-23/h6-7,9,16H,4-5,10-11H2,1-3H3. The summed E-state index contributed by atoms with van der Waals surface area (Å²) in [6, 6.07) is 4.77. The van der Waals surface area contributed by atoms with Gasteiger partial charge in [0.15, 0.2) is 12.1 Å². The first-order chi connectivity index (χ1) is 12.2. The third kappa shape index (κ3) is 5.16. The Morgan fingerprint density at radius 3 is 2.69 bits per heavy atom. The first kappa shape index (κ1) is 20.1. The number of rotatable bonds is 9. The lowest BCUT2D eigenvalue weighted by atomic mass is 10.2. The van der Waals surface area contributed by atoms with E-state index >= 15 is 0 Å². The van der Waals surface area contributed by atoms with Crippen molar-refractivity contribution in [2.24, 2.45) is 0 Å². The minimum Gasteiger partial charge on any atom is -0.486 e. The third-order valence-electron chi connectivity index (χ3n) is 3.53. The van der Waals surface area contributed by atoms with Crippen molar-refractivity contribution in [2.45, 2.75) is 13.2 Å². The van der Waals surface area contributed by atoms with Crippen LogP contribution in [0.4, 0.5) is 8.78 Å². The maximum Gasteiger partial charge on any atom is 0.272 e. The molecule has 6 nitrogen and oxygen atoms in total. The van der Waals surface area contributed by atoms with E-state index in [2.05, 4.69) is 23.8 Å². The van der Waals surface area contributed by atoms with Crippen LogP contribution in [0.25, 0.3) is 11.0 Å². The van der Waals surface area contributed by atoms with Crippen molar-refractivity contribution in [3.05, 3.63) is 23.5 Å². The largest absolute Gasteiger partial charge is 0.486 e. The molecule has 0 amide bonds. The van der Waals surface area contributed by atoms with E-state index in [1.54, 1.807) is 4.57 Å². The number of ether oxygens (including phenoxy) is 2. The van der Waals surface area contributed by atoms with E-state index in [1.807, 2.05) is 6.07 Å². The minimum atomic E-state index is -2.65. The van der Waals surface area contributed by atoms with Crippen LogP contribution in [0.3, 0.4) is 0 Å². The molecule has 9 heteroatoms. The number of carbonyl (C=O) groups excluding carboxylic acids is 1. The topological polar surface area (TPSA) is 77.1 Å². The molecule has 0 saturated heterocycles. The smallest absolute Gasteiger partial charge is 0.272 e. The van der Waals surface area contributed by atoms with Gasteiger partial charge in [0, 0.05) is 11.8 Å². The maximum absolute atomic E-state index is 12.4. The molecule has 0 saturated carbocycles. The number of halogens is 2. The van der Waals surface area contributed by atoms with Crippen LogP contribution in [0.5, 0.6) is 5.75 Å². The molecule has 0 N–H and O–H groups in total. The Labute approximate surface area is 152 Å². The van der Waals surface area contributed by atoms with Crippen molar-refractivity contribution < 1.29 is 23.0 Å². The average molecular weight is 385 g/mol. The lowest BCUT2D eigenvalue weighted by molar-refractivity contribution is 0.0818. The van der Waals surface area contributed by atoms with Gasteiger partial charge in [-0.05, 0) is 24.8 Å². The molecule has 0 unspecified atom stereocenters. The molecule has 1 aromatic carbocycles. The number of nitrogens with zero attached hydrogens (tertiary/aromatic N) is 3. The average Bonchev–Trinajstić information content (AvgIpc) is 2.91. The zero-order valence-electron chi connectivity index (χ0n) is 14.9. The molecule has 1 heterocycles. The predicted molar refractivity (Wildman–Crippen MR) is 97.5 cm³/mol. The number of fused-ring (bicyclic) bond motifs is 1. The number of aromatic nitrogens is 2. The fourth-order valence-corrected chi connectivity index (χ4v) is 2.84. The zero-order chi connectivity index (χ0) is 19.3. The van der Waals surface area contributed by atoms with Crippen molar-refractivity contribution in [1.82, 2.24) is 9.55 Å². The highest BCUT2D eigenvalue weighted by atomic mass is 32.3. The van der Waals surface area contributed by atoms with Gasteiger partial charge in [0.05, 0.1) is 23.2 Å². The molecule has 0 aliphatic rings. The molecule has 142 valence electrons. The second-order valence-electron chi connectivity index (χ2n) is 6.50. The number of carbonyl (C=O) groups is 1. The summed E-state index contributed by atoms with van der Waals surface area (Å²) >= 11 is 0. The maximum atomic E-state index is 12.4. The van der Waals surface area contributed by atoms with Gasteiger partial charge in [0.25, 0.3) is 6.43 Å². The highest BCUT2D eigenvalue weighted by Gasteiger charge is 2.16. The van der Waals surface area contributed by atoms with E-state index in [0.717, 1.165) is 5.75 Å². The van der Waals surface area contributed by atoms with Crippen LogP contribution in [0.2, 0.25) is 0 Å². The molecule has 0 radical (unpaired) electrons. The van der Waals surface area contributed by atoms with Gasteiger partial charge in [0.2, 0.25) is 0 Å². The quantitative estimate of drug-likeness (QED) is 0.490. The summed E-state index contributed by atoms with van der Waals surface area (Å²) in [5.74, 6) is 1.07. The van der Waals surface area contributed by atoms with Gasteiger partial charge >= 0.3 is 0 Å². The van der Waals surface area contributed by atoms with E-state index in [1.165, 1.54) is 12.1 Å². The summed E-state index contributed by atoms with van der Waals surface area (Å²) in [6.45, 7) is -0.167. The lowest BCUT2D eigenvalue weighted by Crippen LogP contribution is -2.11. The van der Waals surface area contributed by atoms with Gasteiger partial charge in [0.1, 0.15) is 25.2 Å². The summed E-state index contributed by atoms with van der Waals surface area (Å²) in [5, 5.41) is 9.26. The summed E-state index contributed by atoms with van der Waals surface area (Å²) in [5.41, 5.74) is 0.979. The van der Waals surface area contributed by atoms with E-state index in [9.17, 15) is 18.8 Å². The van der Waals surface area contributed by atoms with Crippen molar-refractivity contribution in [3.63, 3.8) is 0 Å². The summed E-state index contributed by atoms with van der Waals surface area (Å²) in [6.07, 6.45) is 4.47. The molecule has 0 spiro atoms. The number of imidazole rings is 1. The Bertz CT molecular complexity index is 825. The van der Waals surface area contributed by atoms with Crippen LogP contribution in [-0.4, -0.2) is 60.0 Å². The Morgan fingerprint density at radius 1 is 1.38 bits per heavy atom. The Morgan fingerprint density at radius 2 is 2.12 bits per heavy atom. The first-order valence-electron chi connectivity index (χ1n) is 7.79. The molecule has 1 aromatic heterocycles. The SMILES string of the molecule is CS(C)(C)CCOCn1c(C=O)nc2cc(OCC(F)F)c(C#N)cc21. The molecule has 0 bridgehead atoms. The molecule has 26 heavy (non-hydrogen) atoms. The number of benzene rings is 1. The van der Waals surface area contributed by atoms with E-state index < -0.39 is 23.1 Å². The van der Waals surface area contributed by atoms with Gasteiger partial charge < -0.3 is 9.47 Å². The fraction of sp³-hybridized carbons (Fsp3) is 0.471. The van der Waals surface area contributed by atoms with Crippen LogP contribution < -0.4 is 4.74 Å². The van der Waals surface area contributed by atoms with Crippen LogP contribution in [-0.2, 0) is 11.5 Å². The highest BCUT2D eigenvalue weighted by molar-refractivity contribution is 8.32. The third-order valence-corrected chi connectivity index (χ3v) is 4.92. The van der Waals surface area contributed by atoms with Gasteiger partial charge in [-0.2, -0.15) is 5.26 Å². The number of alkyl halides is 2. The van der Waals surface area contributed by atoms with Gasteiger partial charge in [-0.15, -0.1) is 0 Å². The van der Waals surface area contributed by atoms with Gasteiger partial charge in [-0.25, -0.2) is 23.8 Å². The lowest BCUT2D eigenvalue weighted by Gasteiger charge is -2.24. The number of hydrogen-bond donors (Lipinski definition) is 0. The van der Waals surface area contributed by atoms with E-state index in [-0.39, 0.29) is 23.9 Å². The number of aldehydes is 1. The first-order valence-corrected chi connectivity index (χ1v) is 10.8. The molecular formula is C17H21F2N3O3S. The molecule has 0 aliphatic heterocycles. The Balaban J connectivity index is 2.29. The zero-order valence-corrected chi connectivity index (χ0v) is 15.7. The normalized spacial score (nSPS) is 12.3. The van der Waals surface area contributed by atoms with Crippen LogP contribution >= 0.6 is 10.0 Å². The number of hydrogen-bond acceptors (Lipinski definition) is 5. The fourth-order valence-electron chi connectivity index (χ4n) is 2.22. The Kier molecular flexibility index (Phi) is 6.56. The molecule has 2 rings (SSSR count). The molecule has 2 aromatic rings. The molecule has 0 atom stereocenters. The van der Waals surface area contributed by atoms with E-state index in [4.69, 9.17) is 9.47 Å². The van der Waals surface area contributed by atoms with Gasteiger partial charge in [-0.3, -0.25) is 9.36 Å². The second kappa shape index (κ2) is 8.47. The summed E-state index contributed by atoms with van der Waals surface area (Å²) in [4.78, 5) is 15.5. The van der Waals surface area contributed by atoms with Crippen LogP contribution in [0.1, 0.15) is 16.2 Å². The van der Waals surface area contributed by atoms with E-state index in [0.29, 0.717) is 23.9 Å². The molecule has 0 aliphatic carbocycles. The van der Waals surface area contributed by atoms with Crippen molar-refractivity contribution >= 4 is 27.3 Å². The number of nitriles is 1. The Hall–Kier alpha value is -2.18. The van der Waals surface area contributed by atoms with Gasteiger partial charge in [-0.1, -0.05) is 0 Å². The second-order valence-corrected chi connectivity index (χ2v) is 11.1. The predicted octanol–water partition coefficient (Wildman–Crippen LogP) is 3.03. The minimum absolute atomic E-state index is 0.0136. The van der Waals surface area contributed by atoms with Crippen molar-refractivity contribution in [1.29, 1.82) is 5.26 Å². The van der Waals surface area contributed by atoms with Crippen LogP contribution in [0.15, 0.2) is 12.1 Å². The summed E-state index contributed by atoms with van der Waals surface area (Å²) in [7, 11) is -0.693.